The van der Waals surface area contributed by atoms with Crippen LogP contribution in [-0.2, 0) is 10.8 Å². The van der Waals surface area contributed by atoms with Crippen LogP contribution in [-0.4, -0.2) is 13.7 Å². The number of anilines is 6. The van der Waals surface area contributed by atoms with Crippen LogP contribution in [0.5, 0.6) is 0 Å². The zero-order chi connectivity index (χ0) is 64.4. The first-order chi connectivity index (χ1) is 47.7. The monoisotopic (exact) mass is 1240 g/mol. The summed E-state index contributed by atoms with van der Waals surface area (Å²) in [4.78, 5) is 4.94. The molecule has 0 saturated heterocycles. The van der Waals surface area contributed by atoms with E-state index in [9.17, 15) is 0 Å². The van der Waals surface area contributed by atoms with E-state index in [0.29, 0.717) is 0 Å². The van der Waals surface area contributed by atoms with Crippen molar-refractivity contribution < 1.29 is 0 Å². The summed E-state index contributed by atoms with van der Waals surface area (Å²) in [6.45, 7) is 9.46. The van der Waals surface area contributed by atoms with Crippen LogP contribution in [0.3, 0.4) is 0 Å². The molecule has 0 amide bonds. The number of para-hydroxylation sites is 5. The molecule has 0 fully saturated rings. The summed E-state index contributed by atoms with van der Waals surface area (Å²) in [5.74, 6) is 0. The van der Waals surface area contributed by atoms with Gasteiger partial charge in [-0.1, -0.05) is 228 Å². The van der Waals surface area contributed by atoms with E-state index in [0.717, 1.165) is 95.1 Å². The van der Waals surface area contributed by atoms with Crippen molar-refractivity contribution in [2.24, 2.45) is 0 Å². The Hall–Kier alpha value is -12.2. The predicted octanol–water partition coefficient (Wildman–Crippen LogP) is 24.8. The summed E-state index contributed by atoms with van der Waals surface area (Å²) in [6, 6.07) is 120. The molecule has 97 heavy (non-hydrogen) atoms. The number of nitrogens with zero attached hydrogens (tertiary/aromatic N) is 5. The quantitative estimate of drug-likeness (QED) is 0.144. The Morgan fingerprint density at radius 2 is 0.526 bits per heavy atom. The maximum Gasteiger partial charge on any atom is 0.0648 e. The third-order valence-electron chi connectivity index (χ3n) is 21.7. The van der Waals surface area contributed by atoms with Gasteiger partial charge in [-0.3, -0.25) is 0 Å². The van der Waals surface area contributed by atoms with E-state index >= 15 is 0 Å². The molecular weight excluding hydrogens is 1180 g/mol. The second kappa shape index (κ2) is 20.7. The minimum Gasteiger partial charge on any atom is -0.310 e. The Labute approximate surface area is 562 Å². The number of aromatic nitrogens is 3. The summed E-state index contributed by atoms with van der Waals surface area (Å²) in [6.07, 6.45) is 0. The fourth-order valence-corrected chi connectivity index (χ4v) is 17.5. The lowest BCUT2D eigenvalue weighted by Crippen LogP contribution is -2.15. The number of hydrogen-bond acceptors (Lipinski definition) is 2. The van der Waals surface area contributed by atoms with Gasteiger partial charge in [0.05, 0.1) is 33.1 Å². The zero-order valence-electron chi connectivity index (χ0n) is 54.3. The van der Waals surface area contributed by atoms with Crippen LogP contribution in [0.4, 0.5) is 34.1 Å². The van der Waals surface area contributed by atoms with Crippen molar-refractivity contribution in [3.63, 3.8) is 0 Å². The van der Waals surface area contributed by atoms with E-state index in [1.807, 2.05) is 0 Å². The second-order valence-electron chi connectivity index (χ2n) is 27.5. The van der Waals surface area contributed by atoms with Crippen molar-refractivity contribution in [1.82, 2.24) is 13.7 Å². The lowest BCUT2D eigenvalue weighted by atomic mass is 9.82. The van der Waals surface area contributed by atoms with Gasteiger partial charge in [0.25, 0.3) is 0 Å². The topological polar surface area (TPSA) is 21.3 Å². The van der Waals surface area contributed by atoms with E-state index in [1.165, 1.54) is 87.6 Å². The molecule has 3 heterocycles. The lowest BCUT2D eigenvalue weighted by molar-refractivity contribution is 0.660. The van der Waals surface area contributed by atoms with Crippen molar-refractivity contribution in [1.29, 1.82) is 0 Å². The van der Waals surface area contributed by atoms with Gasteiger partial charge in [-0.15, -0.1) is 0 Å². The first-order valence-electron chi connectivity index (χ1n) is 33.9. The maximum absolute atomic E-state index is 2.67. The number of fused-ring (bicyclic) bond motifs is 23. The maximum atomic E-state index is 2.67. The largest absolute Gasteiger partial charge is 0.310 e. The normalized spacial score (nSPS) is 13.5. The van der Waals surface area contributed by atoms with Gasteiger partial charge >= 0.3 is 0 Å². The Balaban J connectivity index is 0.956. The number of rotatable bonds is 9. The molecule has 18 aromatic rings. The van der Waals surface area contributed by atoms with Crippen LogP contribution in [0.25, 0.3) is 126 Å². The minimum atomic E-state index is -0.127. The molecule has 20 rings (SSSR count). The molecule has 0 unspecified atom stereocenters. The van der Waals surface area contributed by atoms with Crippen LogP contribution in [0, 0.1) is 0 Å². The van der Waals surface area contributed by atoms with Crippen molar-refractivity contribution in [3.05, 3.63) is 344 Å². The average Bonchev–Trinajstić information content (AvgIpc) is 1.50. The second-order valence-corrected chi connectivity index (χ2v) is 27.5. The summed E-state index contributed by atoms with van der Waals surface area (Å²) in [7, 11) is 0. The summed E-state index contributed by atoms with van der Waals surface area (Å²) < 4.78 is 7.76. The van der Waals surface area contributed by atoms with Gasteiger partial charge in [-0.05, 0) is 177 Å². The third kappa shape index (κ3) is 7.82. The van der Waals surface area contributed by atoms with E-state index in [-0.39, 0.29) is 10.8 Å². The van der Waals surface area contributed by atoms with Gasteiger partial charge in [-0.25, -0.2) is 0 Å². The molecule has 2 aliphatic rings. The first kappa shape index (κ1) is 55.3. The Morgan fingerprint density at radius 1 is 0.216 bits per heavy atom. The van der Waals surface area contributed by atoms with Crippen LogP contribution in [0.1, 0.15) is 49.9 Å². The van der Waals surface area contributed by atoms with Crippen LogP contribution >= 0.6 is 0 Å². The van der Waals surface area contributed by atoms with E-state index in [4.69, 9.17) is 0 Å². The minimum absolute atomic E-state index is 0.127. The Bertz CT molecular complexity index is 5930. The van der Waals surface area contributed by atoms with Gasteiger partial charge in [-0.2, -0.15) is 0 Å². The molecule has 5 heteroatoms. The van der Waals surface area contributed by atoms with Crippen molar-refractivity contribution in [2.45, 2.75) is 38.5 Å². The third-order valence-corrected chi connectivity index (χ3v) is 21.7. The van der Waals surface area contributed by atoms with E-state index in [2.05, 4.69) is 373 Å². The average molecular weight is 1240 g/mol. The summed E-state index contributed by atoms with van der Waals surface area (Å²) in [5.41, 5.74) is 27.1. The highest BCUT2D eigenvalue weighted by molar-refractivity contribution is 6.44. The highest BCUT2D eigenvalue weighted by Crippen LogP contribution is 2.56. The first-order valence-corrected chi connectivity index (χ1v) is 33.9. The van der Waals surface area contributed by atoms with Crippen molar-refractivity contribution in [3.8, 4) is 39.3 Å². The van der Waals surface area contributed by atoms with Gasteiger partial charge in [0, 0.05) is 105 Å². The van der Waals surface area contributed by atoms with Crippen LogP contribution in [0.2, 0.25) is 0 Å². The molecule has 0 bridgehead atoms. The Kier molecular flexibility index (Phi) is 11.8. The van der Waals surface area contributed by atoms with Crippen molar-refractivity contribution in [2.75, 3.05) is 9.80 Å². The molecule has 458 valence electrons. The van der Waals surface area contributed by atoms with Crippen LogP contribution in [0.15, 0.2) is 322 Å². The fraction of sp³-hybridized carbons (Fsp3) is 0.0652. The molecule has 15 aromatic carbocycles. The molecule has 5 nitrogen and oxygen atoms in total. The molecule has 0 saturated carbocycles. The Morgan fingerprint density at radius 3 is 0.928 bits per heavy atom. The van der Waals surface area contributed by atoms with Gasteiger partial charge in [0.1, 0.15) is 0 Å². The molecule has 3 aromatic heterocycles. The zero-order valence-corrected chi connectivity index (χ0v) is 54.3. The van der Waals surface area contributed by atoms with Gasteiger partial charge in [0.15, 0.2) is 0 Å². The predicted molar refractivity (Wildman–Crippen MR) is 409 cm³/mol. The molecule has 0 radical (unpaired) electrons. The standard InChI is InChI=1S/C92H65N5/c1-91(2)77-44-26-24-38-67(77)73-54-63(46-50-79(73)91)93(58-28-10-5-11-29-58)65-48-52-81-75(56-65)85-87(95(81)60-32-14-7-15-33-60)71-42-22-20-40-69(71)83-84-70-41-21-23-43-72(70)88-86(90(84)97(89(83)85)62-36-18-9-19-37-62)76-57-66(49-53-82(76)96(88)61-34-16-8-17-35-61)94(59-30-12-6-13-31-59)64-47-51-80-74(55-64)68-39-25-27-45-78(68)92(80,3)4/h5-57H,1-4H3. The fourth-order valence-electron chi connectivity index (χ4n) is 17.5. The van der Waals surface area contributed by atoms with E-state index in [1.54, 1.807) is 0 Å². The molecular formula is C92H65N5. The molecule has 0 N–H and O–H groups in total. The van der Waals surface area contributed by atoms with Crippen LogP contribution < -0.4 is 9.80 Å². The molecule has 0 atom stereocenters. The lowest BCUT2D eigenvalue weighted by Gasteiger charge is -2.27. The highest BCUT2D eigenvalue weighted by Gasteiger charge is 2.38. The number of benzene rings is 15. The smallest absolute Gasteiger partial charge is 0.0648 e. The van der Waals surface area contributed by atoms with Gasteiger partial charge < -0.3 is 23.5 Å². The summed E-state index contributed by atoms with van der Waals surface area (Å²) >= 11 is 0. The number of hydrogen-bond donors (Lipinski definition) is 0. The van der Waals surface area contributed by atoms with Gasteiger partial charge in [0.2, 0.25) is 0 Å². The molecule has 2 aliphatic carbocycles. The van der Waals surface area contributed by atoms with E-state index < -0.39 is 0 Å². The highest BCUT2D eigenvalue weighted by atomic mass is 15.2. The SMILES string of the molecule is CC1(C)c2ccccc2-c2cc(N(c3ccccc3)c3ccc4c(c3)c3c(c5ccccc5c5c6c7ccccc7c7c(c8cc(N(c9ccccc9)c9ccc%10c(c9)-c9ccccc9C%10(C)C)ccc8n7-c7ccccc7)c6n(-c6ccccc6)c53)n4-c3ccccc3)ccc21. The molecule has 0 aliphatic heterocycles. The van der Waals surface area contributed by atoms with Crippen molar-refractivity contribution >= 4 is 121 Å². The molecule has 0 spiro atoms. The summed E-state index contributed by atoms with van der Waals surface area (Å²) in [5, 5.41) is 11.9.